The standard InChI is InChI=1S/C9H9N.C8H12N2.C2H6/c1-2-8-4-3-5-9(6-8)7-10;1-5-6(2)8(4)10-9-7(5)3;1-2/h3-6H,2H2,1H3;1-4H3;1-2H3. The molecule has 2 rings (SSSR count). The third-order valence-electron chi connectivity index (χ3n) is 3.46. The van der Waals surface area contributed by atoms with Gasteiger partial charge in [0, 0.05) is 0 Å². The molecule has 1 heterocycles. The largest absolute Gasteiger partial charge is 0.192 e. The summed E-state index contributed by atoms with van der Waals surface area (Å²) < 4.78 is 0. The average molecular weight is 297 g/mol. The van der Waals surface area contributed by atoms with Crippen LogP contribution in [0, 0.1) is 39.0 Å². The minimum absolute atomic E-state index is 0.749. The van der Waals surface area contributed by atoms with Crippen molar-refractivity contribution in [2.24, 2.45) is 0 Å². The van der Waals surface area contributed by atoms with Gasteiger partial charge in [0.25, 0.3) is 0 Å². The van der Waals surface area contributed by atoms with Crippen molar-refractivity contribution in [2.45, 2.75) is 54.9 Å². The van der Waals surface area contributed by atoms with Crippen LogP contribution < -0.4 is 0 Å². The number of nitriles is 1. The molecule has 0 aliphatic heterocycles. The summed E-state index contributed by atoms with van der Waals surface area (Å²) in [7, 11) is 0. The molecule has 0 amide bonds. The van der Waals surface area contributed by atoms with Crippen LogP contribution in [0.2, 0.25) is 0 Å². The van der Waals surface area contributed by atoms with Crippen molar-refractivity contribution < 1.29 is 0 Å². The third kappa shape index (κ3) is 6.05. The summed E-state index contributed by atoms with van der Waals surface area (Å²) in [6, 6.07) is 9.78. The van der Waals surface area contributed by atoms with Gasteiger partial charge >= 0.3 is 0 Å². The van der Waals surface area contributed by atoms with Crippen molar-refractivity contribution in [3.05, 3.63) is 57.9 Å². The van der Waals surface area contributed by atoms with Crippen molar-refractivity contribution in [3.8, 4) is 6.07 Å². The van der Waals surface area contributed by atoms with E-state index in [0.717, 1.165) is 23.4 Å². The van der Waals surface area contributed by atoms with Crippen molar-refractivity contribution in [1.29, 1.82) is 5.26 Å². The molecule has 0 aliphatic rings. The van der Waals surface area contributed by atoms with Gasteiger partial charge in [0.15, 0.2) is 0 Å². The Hall–Kier alpha value is -2.21. The van der Waals surface area contributed by atoms with Crippen LogP contribution in [-0.4, -0.2) is 10.2 Å². The van der Waals surface area contributed by atoms with E-state index >= 15 is 0 Å². The summed E-state index contributed by atoms with van der Waals surface area (Å²) in [5.74, 6) is 0. The number of hydrogen-bond donors (Lipinski definition) is 0. The molecule has 0 saturated heterocycles. The average Bonchev–Trinajstić information content (AvgIpc) is 2.59. The highest BCUT2D eigenvalue weighted by Crippen LogP contribution is 2.10. The fraction of sp³-hybridized carbons (Fsp3) is 0.421. The Bertz CT molecular complexity index is 598. The highest BCUT2D eigenvalue weighted by molar-refractivity contribution is 5.32. The van der Waals surface area contributed by atoms with Crippen LogP contribution >= 0.6 is 0 Å². The van der Waals surface area contributed by atoms with Crippen LogP contribution in [0.4, 0.5) is 0 Å². The Balaban J connectivity index is 0.000000360. The Labute approximate surface area is 135 Å². The number of hydrogen-bond acceptors (Lipinski definition) is 3. The van der Waals surface area contributed by atoms with E-state index in [0.29, 0.717) is 0 Å². The molecule has 1 aromatic carbocycles. The van der Waals surface area contributed by atoms with Crippen LogP contribution in [0.1, 0.15) is 54.4 Å². The highest BCUT2D eigenvalue weighted by Gasteiger charge is 2.00. The molecule has 2 aromatic rings. The molecule has 0 unspecified atom stereocenters. The molecule has 0 aliphatic carbocycles. The summed E-state index contributed by atoms with van der Waals surface area (Å²) in [6.45, 7) is 14.2. The van der Waals surface area contributed by atoms with E-state index in [1.165, 1.54) is 16.7 Å². The van der Waals surface area contributed by atoms with Gasteiger partial charge in [-0.3, -0.25) is 0 Å². The molecule has 0 spiro atoms. The summed E-state index contributed by atoms with van der Waals surface area (Å²) in [5, 5.41) is 16.5. The van der Waals surface area contributed by atoms with Crippen LogP contribution in [0.5, 0.6) is 0 Å². The second kappa shape index (κ2) is 10.5. The van der Waals surface area contributed by atoms with Crippen LogP contribution in [0.3, 0.4) is 0 Å². The van der Waals surface area contributed by atoms with Crippen LogP contribution in [-0.2, 0) is 6.42 Å². The zero-order valence-electron chi connectivity index (χ0n) is 14.9. The van der Waals surface area contributed by atoms with Gasteiger partial charge in [-0.2, -0.15) is 15.5 Å². The van der Waals surface area contributed by atoms with Gasteiger partial charge in [-0.05, 0) is 62.9 Å². The topological polar surface area (TPSA) is 49.6 Å². The van der Waals surface area contributed by atoms with E-state index in [4.69, 9.17) is 5.26 Å². The minimum Gasteiger partial charge on any atom is -0.192 e. The predicted octanol–water partition coefficient (Wildman–Crippen LogP) is 4.86. The van der Waals surface area contributed by atoms with Crippen LogP contribution in [0.15, 0.2) is 24.3 Å². The Kier molecular flexibility index (Phi) is 9.45. The first kappa shape index (κ1) is 19.8. The first-order valence-corrected chi connectivity index (χ1v) is 7.75. The Morgan fingerprint density at radius 1 is 0.955 bits per heavy atom. The lowest BCUT2D eigenvalue weighted by molar-refractivity contribution is 0.905. The molecular weight excluding hydrogens is 270 g/mol. The first-order chi connectivity index (χ1) is 10.5. The molecule has 1 aromatic heterocycles. The van der Waals surface area contributed by atoms with E-state index in [-0.39, 0.29) is 0 Å². The molecule has 0 atom stereocenters. The lowest BCUT2D eigenvalue weighted by Crippen LogP contribution is -1.97. The quantitative estimate of drug-likeness (QED) is 0.755. The molecule has 118 valence electrons. The SMILES string of the molecule is CC.CCc1cccc(C#N)c1.Cc1nnc(C)c(C)c1C. The van der Waals surface area contributed by atoms with Crippen molar-refractivity contribution >= 4 is 0 Å². The first-order valence-electron chi connectivity index (χ1n) is 7.75. The fourth-order valence-corrected chi connectivity index (χ4v) is 1.70. The molecule has 0 N–H and O–H groups in total. The monoisotopic (exact) mass is 297 g/mol. The molecule has 0 radical (unpaired) electrons. The fourth-order valence-electron chi connectivity index (χ4n) is 1.70. The van der Waals surface area contributed by atoms with Gasteiger partial charge in [0.2, 0.25) is 0 Å². The number of benzene rings is 1. The molecule has 22 heavy (non-hydrogen) atoms. The molecule has 3 heteroatoms. The van der Waals surface area contributed by atoms with Crippen molar-refractivity contribution in [3.63, 3.8) is 0 Å². The van der Waals surface area contributed by atoms with Gasteiger partial charge in [-0.25, -0.2) is 0 Å². The van der Waals surface area contributed by atoms with E-state index in [1.54, 1.807) is 0 Å². The van der Waals surface area contributed by atoms with Gasteiger partial charge in [-0.1, -0.05) is 32.9 Å². The van der Waals surface area contributed by atoms with Gasteiger partial charge in [-0.15, -0.1) is 0 Å². The predicted molar refractivity (Wildman–Crippen MR) is 92.9 cm³/mol. The Morgan fingerprint density at radius 2 is 1.45 bits per heavy atom. The van der Waals surface area contributed by atoms with Crippen molar-refractivity contribution in [2.75, 3.05) is 0 Å². The summed E-state index contributed by atoms with van der Waals surface area (Å²) in [6.07, 6.45) is 0.996. The van der Waals surface area contributed by atoms with Crippen molar-refractivity contribution in [1.82, 2.24) is 10.2 Å². The molecule has 3 nitrogen and oxygen atoms in total. The van der Waals surface area contributed by atoms with Gasteiger partial charge < -0.3 is 0 Å². The normalized spacial score (nSPS) is 8.82. The highest BCUT2D eigenvalue weighted by atomic mass is 15.1. The number of aromatic nitrogens is 2. The Morgan fingerprint density at radius 3 is 1.86 bits per heavy atom. The lowest BCUT2D eigenvalue weighted by Gasteiger charge is -2.03. The number of nitrogens with zero attached hydrogens (tertiary/aromatic N) is 3. The second-order valence-electron chi connectivity index (χ2n) is 4.79. The molecule has 0 saturated carbocycles. The summed E-state index contributed by atoms with van der Waals surface area (Å²) in [5.41, 5.74) is 6.55. The minimum atomic E-state index is 0.749. The number of rotatable bonds is 1. The lowest BCUT2D eigenvalue weighted by atomic mass is 10.1. The van der Waals surface area contributed by atoms with Crippen LogP contribution in [0.25, 0.3) is 0 Å². The zero-order valence-corrected chi connectivity index (χ0v) is 14.9. The zero-order chi connectivity index (χ0) is 17.1. The maximum absolute atomic E-state index is 8.51. The summed E-state index contributed by atoms with van der Waals surface area (Å²) in [4.78, 5) is 0. The van der Waals surface area contributed by atoms with E-state index in [9.17, 15) is 0 Å². The number of aryl methyl sites for hydroxylation is 3. The second-order valence-corrected chi connectivity index (χ2v) is 4.79. The molecule has 0 fully saturated rings. The van der Waals surface area contributed by atoms with E-state index in [1.807, 2.05) is 52.0 Å². The smallest absolute Gasteiger partial charge is 0.0991 e. The maximum atomic E-state index is 8.51. The molecule has 0 bridgehead atoms. The van der Waals surface area contributed by atoms with Gasteiger partial charge in [0.1, 0.15) is 0 Å². The maximum Gasteiger partial charge on any atom is 0.0991 e. The van der Waals surface area contributed by atoms with Gasteiger partial charge in [0.05, 0.1) is 23.0 Å². The van der Waals surface area contributed by atoms with E-state index in [2.05, 4.69) is 37.0 Å². The molecular formula is C19H27N3. The third-order valence-corrected chi connectivity index (χ3v) is 3.46. The summed E-state index contributed by atoms with van der Waals surface area (Å²) >= 11 is 0. The van der Waals surface area contributed by atoms with E-state index < -0.39 is 0 Å².